The average Bonchev–Trinajstić information content (AvgIpc) is 2.69. The predicted molar refractivity (Wildman–Crippen MR) is 42.5 cm³/mol. The number of hydrogen-bond donors (Lipinski definition) is 1. The topological polar surface area (TPSA) is 40.5 Å². The Bertz CT molecular complexity index is 143. The zero-order chi connectivity index (χ0) is 8.27. The summed E-state index contributed by atoms with van der Waals surface area (Å²) in [4.78, 5) is 12.3. The molecule has 0 aromatic heterocycles. The van der Waals surface area contributed by atoms with E-state index in [4.69, 9.17) is 5.11 Å². The molecule has 0 unspecified atom stereocenters. The van der Waals surface area contributed by atoms with Crippen LogP contribution in [0.2, 0.25) is 0 Å². The van der Waals surface area contributed by atoms with Gasteiger partial charge in [0.1, 0.15) is 0 Å². The van der Waals surface area contributed by atoms with Crippen molar-refractivity contribution in [2.75, 3.05) is 19.6 Å². The van der Waals surface area contributed by atoms with E-state index in [1.165, 1.54) is 12.8 Å². The minimum atomic E-state index is -0.715. The summed E-state index contributed by atoms with van der Waals surface area (Å²) < 4.78 is 0. The fourth-order valence-electron chi connectivity index (χ4n) is 1.16. The Morgan fingerprint density at radius 3 is 2.64 bits per heavy atom. The summed E-state index contributed by atoms with van der Waals surface area (Å²) in [6.07, 6.45) is 2.58. The Morgan fingerprint density at radius 1 is 1.64 bits per heavy atom. The first-order chi connectivity index (χ1) is 5.22. The molecule has 0 aromatic carbocycles. The Hall–Kier alpha value is -0.570. The average molecular weight is 157 g/mol. The molecule has 3 nitrogen and oxygen atoms in total. The summed E-state index contributed by atoms with van der Waals surface area (Å²) in [5.41, 5.74) is 0. The van der Waals surface area contributed by atoms with Crippen LogP contribution in [0.15, 0.2) is 0 Å². The monoisotopic (exact) mass is 157 g/mol. The van der Waals surface area contributed by atoms with Crippen molar-refractivity contribution < 1.29 is 9.90 Å². The lowest BCUT2D eigenvalue weighted by Gasteiger charge is -2.16. The molecule has 1 saturated carbocycles. The van der Waals surface area contributed by atoms with E-state index in [1.54, 1.807) is 0 Å². The Balaban J connectivity index is 2.17. The number of likely N-dealkylation sites (N-methyl/N-ethyl adjacent to an activating group) is 1. The van der Waals surface area contributed by atoms with Gasteiger partial charge in [-0.15, -0.1) is 0 Å². The molecule has 1 N–H and O–H groups in total. The lowest BCUT2D eigenvalue weighted by Crippen LogP contribution is -2.31. The van der Waals surface area contributed by atoms with E-state index in [-0.39, 0.29) is 6.54 Å². The SMILES string of the molecule is CCN(CC(=O)O)CC1CC1. The normalized spacial score (nSPS) is 17.3. The highest BCUT2D eigenvalue weighted by atomic mass is 16.4. The van der Waals surface area contributed by atoms with Crippen molar-refractivity contribution in [3.05, 3.63) is 0 Å². The molecular formula is C8H15NO2. The first-order valence-corrected chi connectivity index (χ1v) is 4.16. The molecule has 1 aliphatic rings. The molecule has 0 spiro atoms. The van der Waals surface area contributed by atoms with Crippen molar-refractivity contribution in [1.29, 1.82) is 0 Å². The van der Waals surface area contributed by atoms with Gasteiger partial charge in [0, 0.05) is 6.54 Å². The van der Waals surface area contributed by atoms with Crippen LogP contribution < -0.4 is 0 Å². The summed E-state index contributed by atoms with van der Waals surface area (Å²) in [5, 5.41) is 8.51. The third-order valence-electron chi connectivity index (χ3n) is 2.02. The minimum absolute atomic E-state index is 0.201. The summed E-state index contributed by atoms with van der Waals surface area (Å²) >= 11 is 0. The maximum Gasteiger partial charge on any atom is 0.317 e. The largest absolute Gasteiger partial charge is 0.480 e. The van der Waals surface area contributed by atoms with Gasteiger partial charge in [0.15, 0.2) is 0 Å². The van der Waals surface area contributed by atoms with E-state index in [2.05, 4.69) is 0 Å². The van der Waals surface area contributed by atoms with Gasteiger partial charge in [0.25, 0.3) is 0 Å². The van der Waals surface area contributed by atoms with E-state index in [9.17, 15) is 4.79 Å². The lowest BCUT2D eigenvalue weighted by atomic mass is 10.3. The number of carbonyl (C=O) groups is 1. The predicted octanol–water partition coefficient (Wildman–Crippen LogP) is 0.803. The molecule has 0 radical (unpaired) electrons. The molecule has 0 bridgehead atoms. The number of hydrogen-bond acceptors (Lipinski definition) is 2. The second kappa shape index (κ2) is 3.72. The maximum atomic E-state index is 10.3. The molecule has 64 valence electrons. The highest BCUT2D eigenvalue weighted by Crippen LogP contribution is 2.29. The van der Waals surface area contributed by atoms with Gasteiger partial charge in [-0.25, -0.2) is 0 Å². The number of aliphatic carboxylic acids is 1. The van der Waals surface area contributed by atoms with E-state index < -0.39 is 5.97 Å². The van der Waals surface area contributed by atoms with Crippen molar-refractivity contribution in [1.82, 2.24) is 4.90 Å². The van der Waals surface area contributed by atoms with Gasteiger partial charge in [0.05, 0.1) is 6.54 Å². The summed E-state index contributed by atoms with van der Waals surface area (Å²) in [7, 11) is 0. The van der Waals surface area contributed by atoms with E-state index in [0.29, 0.717) is 0 Å². The molecule has 0 atom stereocenters. The van der Waals surface area contributed by atoms with Gasteiger partial charge in [-0.05, 0) is 25.3 Å². The highest BCUT2D eigenvalue weighted by Gasteiger charge is 2.24. The van der Waals surface area contributed by atoms with Crippen LogP contribution in [0, 0.1) is 5.92 Å². The molecule has 0 amide bonds. The maximum absolute atomic E-state index is 10.3. The van der Waals surface area contributed by atoms with Gasteiger partial charge >= 0.3 is 5.97 Å². The third kappa shape index (κ3) is 3.37. The standard InChI is InChI=1S/C8H15NO2/c1-2-9(6-8(10)11)5-7-3-4-7/h7H,2-6H2,1H3,(H,10,11). The second-order valence-corrected chi connectivity index (χ2v) is 3.16. The number of carboxylic acids is 1. The molecule has 1 fully saturated rings. The van der Waals surface area contributed by atoms with Crippen LogP contribution in [0.4, 0.5) is 0 Å². The smallest absolute Gasteiger partial charge is 0.317 e. The minimum Gasteiger partial charge on any atom is -0.480 e. The van der Waals surface area contributed by atoms with Crippen molar-refractivity contribution in [2.24, 2.45) is 5.92 Å². The first-order valence-electron chi connectivity index (χ1n) is 4.16. The van der Waals surface area contributed by atoms with Crippen molar-refractivity contribution >= 4 is 5.97 Å². The summed E-state index contributed by atoms with van der Waals surface area (Å²) in [6.45, 7) is 4.03. The fourth-order valence-corrected chi connectivity index (χ4v) is 1.16. The number of carboxylic acid groups (broad SMARTS) is 1. The Kier molecular flexibility index (Phi) is 2.88. The van der Waals surface area contributed by atoms with Gasteiger partial charge in [-0.1, -0.05) is 6.92 Å². The first kappa shape index (κ1) is 8.53. The Labute approximate surface area is 67.0 Å². The number of rotatable bonds is 5. The van der Waals surface area contributed by atoms with Crippen molar-refractivity contribution in [2.45, 2.75) is 19.8 Å². The molecule has 0 heterocycles. The number of nitrogens with zero attached hydrogens (tertiary/aromatic N) is 1. The van der Waals surface area contributed by atoms with E-state index in [1.807, 2.05) is 11.8 Å². The molecular weight excluding hydrogens is 142 g/mol. The highest BCUT2D eigenvalue weighted by molar-refractivity contribution is 5.69. The lowest BCUT2D eigenvalue weighted by molar-refractivity contribution is -0.138. The van der Waals surface area contributed by atoms with E-state index >= 15 is 0 Å². The Morgan fingerprint density at radius 2 is 2.27 bits per heavy atom. The van der Waals surface area contributed by atoms with E-state index in [0.717, 1.165) is 19.0 Å². The zero-order valence-electron chi connectivity index (χ0n) is 6.92. The van der Waals surface area contributed by atoms with Crippen molar-refractivity contribution in [3.8, 4) is 0 Å². The molecule has 0 aromatic rings. The van der Waals surface area contributed by atoms with Crippen LogP contribution >= 0.6 is 0 Å². The molecule has 0 saturated heterocycles. The third-order valence-corrected chi connectivity index (χ3v) is 2.02. The molecule has 11 heavy (non-hydrogen) atoms. The van der Waals surface area contributed by atoms with Crippen LogP contribution in [0.1, 0.15) is 19.8 Å². The van der Waals surface area contributed by atoms with Crippen molar-refractivity contribution in [3.63, 3.8) is 0 Å². The van der Waals surface area contributed by atoms with Crippen LogP contribution in [0.3, 0.4) is 0 Å². The zero-order valence-corrected chi connectivity index (χ0v) is 6.92. The molecule has 3 heteroatoms. The summed E-state index contributed by atoms with van der Waals surface area (Å²) in [6, 6.07) is 0. The van der Waals surface area contributed by atoms with Gasteiger partial charge < -0.3 is 5.11 Å². The van der Waals surface area contributed by atoms with Gasteiger partial charge in [-0.3, -0.25) is 9.69 Å². The van der Waals surface area contributed by atoms with Crippen LogP contribution in [-0.4, -0.2) is 35.6 Å². The summed E-state index contributed by atoms with van der Waals surface area (Å²) in [5.74, 6) is 0.0711. The molecule has 1 rings (SSSR count). The van der Waals surface area contributed by atoms with Crippen LogP contribution in [-0.2, 0) is 4.79 Å². The quantitative estimate of drug-likeness (QED) is 0.641. The second-order valence-electron chi connectivity index (χ2n) is 3.16. The molecule has 0 aliphatic heterocycles. The fraction of sp³-hybridized carbons (Fsp3) is 0.875. The van der Waals surface area contributed by atoms with Gasteiger partial charge in [0.2, 0.25) is 0 Å². The van der Waals surface area contributed by atoms with Crippen LogP contribution in [0.25, 0.3) is 0 Å². The van der Waals surface area contributed by atoms with Crippen LogP contribution in [0.5, 0.6) is 0 Å². The molecule has 1 aliphatic carbocycles. The van der Waals surface area contributed by atoms with Gasteiger partial charge in [-0.2, -0.15) is 0 Å².